The highest BCUT2D eigenvalue weighted by atomic mass is 16.5. The highest BCUT2D eigenvalue weighted by molar-refractivity contribution is 5.79. The Hall–Kier alpha value is -2.63. The van der Waals surface area contributed by atoms with Crippen molar-refractivity contribution < 1.29 is 14.3 Å². The van der Waals surface area contributed by atoms with Crippen LogP contribution in [0.25, 0.3) is 0 Å². The summed E-state index contributed by atoms with van der Waals surface area (Å²) >= 11 is 0. The van der Waals surface area contributed by atoms with Gasteiger partial charge in [-0.25, -0.2) is 4.98 Å². The van der Waals surface area contributed by atoms with Crippen molar-refractivity contribution in [1.29, 1.82) is 0 Å². The second-order valence-electron chi connectivity index (χ2n) is 6.64. The van der Waals surface area contributed by atoms with Crippen molar-refractivity contribution in [2.45, 2.75) is 39.2 Å². The zero-order valence-corrected chi connectivity index (χ0v) is 15.6. The third kappa shape index (κ3) is 4.71. The van der Waals surface area contributed by atoms with Crippen LogP contribution in [-0.2, 0) is 11.2 Å². The number of rotatable bonds is 5. The minimum atomic E-state index is -0.0355. The zero-order valence-electron chi connectivity index (χ0n) is 15.6. The van der Waals surface area contributed by atoms with Crippen molar-refractivity contribution in [3.63, 3.8) is 0 Å². The van der Waals surface area contributed by atoms with Crippen molar-refractivity contribution >= 4 is 5.91 Å². The number of hydrogen-bond donors (Lipinski definition) is 0. The molecule has 2 aromatic rings. The Balaban J connectivity index is 1.61. The molecule has 3 rings (SSSR count). The molecule has 26 heavy (non-hydrogen) atoms. The number of nitrogens with zero attached hydrogens (tertiary/aromatic N) is 3. The third-order valence-corrected chi connectivity index (χ3v) is 4.45. The lowest BCUT2D eigenvalue weighted by molar-refractivity contribution is -0.133. The molecule has 0 radical (unpaired) electrons. The molecule has 138 valence electrons. The summed E-state index contributed by atoms with van der Waals surface area (Å²) in [6.45, 7) is 5.13. The van der Waals surface area contributed by atoms with Gasteiger partial charge in [0.25, 0.3) is 0 Å². The lowest BCUT2D eigenvalue weighted by Gasteiger charge is -2.32. The number of aromatic nitrogens is 2. The van der Waals surface area contributed by atoms with E-state index < -0.39 is 0 Å². The summed E-state index contributed by atoms with van der Waals surface area (Å²) in [5.41, 5.74) is 1.84. The van der Waals surface area contributed by atoms with Crippen LogP contribution in [0.5, 0.6) is 11.6 Å². The van der Waals surface area contributed by atoms with Crippen LogP contribution in [0.2, 0.25) is 0 Å². The number of piperidine rings is 1. The van der Waals surface area contributed by atoms with Crippen LogP contribution in [0, 0.1) is 13.8 Å². The molecule has 0 saturated carbocycles. The van der Waals surface area contributed by atoms with E-state index in [9.17, 15) is 4.79 Å². The van der Waals surface area contributed by atoms with Crippen LogP contribution in [0.4, 0.5) is 0 Å². The summed E-state index contributed by atoms with van der Waals surface area (Å²) < 4.78 is 11.2. The maximum atomic E-state index is 12.7. The number of benzene rings is 1. The van der Waals surface area contributed by atoms with Crippen LogP contribution in [0.15, 0.2) is 30.3 Å². The molecule has 0 spiro atoms. The lowest BCUT2D eigenvalue weighted by Crippen LogP contribution is -2.45. The first-order valence-electron chi connectivity index (χ1n) is 8.93. The van der Waals surface area contributed by atoms with Gasteiger partial charge in [0.05, 0.1) is 20.1 Å². The van der Waals surface area contributed by atoms with Gasteiger partial charge in [-0.15, -0.1) is 0 Å². The molecular weight excluding hydrogens is 330 g/mol. The summed E-state index contributed by atoms with van der Waals surface area (Å²) in [4.78, 5) is 23.2. The van der Waals surface area contributed by atoms with Crippen molar-refractivity contribution in [3.8, 4) is 11.6 Å². The highest BCUT2D eigenvalue weighted by Crippen LogP contribution is 2.19. The number of methoxy groups -OCH3 is 1. The molecule has 1 atom stereocenters. The molecular formula is C20H25N3O3. The largest absolute Gasteiger partial charge is 0.497 e. The first-order chi connectivity index (χ1) is 12.5. The van der Waals surface area contributed by atoms with Gasteiger partial charge in [0.15, 0.2) is 0 Å². The molecule has 1 unspecified atom stereocenters. The maximum absolute atomic E-state index is 12.7. The zero-order chi connectivity index (χ0) is 18.5. The number of hydrogen-bond acceptors (Lipinski definition) is 5. The minimum Gasteiger partial charge on any atom is -0.497 e. The normalized spacial score (nSPS) is 17.0. The third-order valence-electron chi connectivity index (χ3n) is 4.45. The molecule has 1 fully saturated rings. The van der Waals surface area contributed by atoms with Crippen molar-refractivity contribution in [2.24, 2.45) is 0 Å². The first kappa shape index (κ1) is 18.2. The Kier molecular flexibility index (Phi) is 5.71. The van der Waals surface area contributed by atoms with Crippen molar-refractivity contribution in [2.75, 3.05) is 20.2 Å². The van der Waals surface area contributed by atoms with E-state index >= 15 is 0 Å². The van der Waals surface area contributed by atoms with E-state index in [1.165, 1.54) is 0 Å². The lowest BCUT2D eigenvalue weighted by atomic mass is 10.1. The number of aryl methyl sites for hydroxylation is 2. The van der Waals surface area contributed by atoms with E-state index in [4.69, 9.17) is 9.47 Å². The fourth-order valence-corrected chi connectivity index (χ4v) is 3.24. The molecule has 0 aliphatic carbocycles. The van der Waals surface area contributed by atoms with E-state index in [-0.39, 0.29) is 12.0 Å². The molecule has 0 N–H and O–H groups in total. The standard InChI is InChI=1S/C20H25N3O3/c1-14-10-19(22-15(2)21-14)26-18-8-5-9-23(13-18)20(24)12-16-6-4-7-17(11-16)25-3/h4,6-7,10-11,18H,5,8-9,12-13H2,1-3H3. The van der Waals surface area contributed by atoms with E-state index in [0.29, 0.717) is 24.7 Å². The topological polar surface area (TPSA) is 64.5 Å². The minimum absolute atomic E-state index is 0.0355. The van der Waals surface area contributed by atoms with Gasteiger partial charge in [0, 0.05) is 18.3 Å². The summed E-state index contributed by atoms with van der Waals surface area (Å²) in [5, 5.41) is 0. The van der Waals surface area contributed by atoms with E-state index in [2.05, 4.69) is 9.97 Å². The molecule has 6 nitrogen and oxygen atoms in total. The van der Waals surface area contributed by atoms with Gasteiger partial charge in [0.2, 0.25) is 11.8 Å². The highest BCUT2D eigenvalue weighted by Gasteiger charge is 2.25. The summed E-state index contributed by atoms with van der Waals surface area (Å²) in [6.07, 6.45) is 2.19. The molecule has 1 amide bonds. The predicted octanol–water partition coefficient (Wildman–Crippen LogP) is 2.71. The Morgan fingerprint density at radius 2 is 2.12 bits per heavy atom. The monoisotopic (exact) mass is 355 g/mol. The first-order valence-corrected chi connectivity index (χ1v) is 8.93. The van der Waals surface area contributed by atoms with Gasteiger partial charge >= 0.3 is 0 Å². The molecule has 1 aromatic heterocycles. The number of ether oxygens (including phenoxy) is 2. The van der Waals surface area contributed by atoms with Crippen LogP contribution in [0.3, 0.4) is 0 Å². The van der Waals surface area contributed by atoms with Crippen LogP contribution in [-0.4, -0.2) is 47.1 Å². The average Bonchev–Trinajstić information content (AvgIpc) is 2.61. The van der Waals surface area contributed by atoms with E-state index in [1.54, 1.807) is 7.11 Å². The number of amides is 1. The van der Waals surface area contributed by atoms with E-state index in [0.717, 1.165) is 36.4 Å². The average molecular weight is 355 g/mol. The predicted molar refractivity (Wildman–Crippen MR) is 98.4 cm³/mol. The molecule has 1 saturated heterocycles. The van der Waals surface area contributed by atoms with Crippen LogP contribution < -0.4 is 9.47 Å². The Morgan fingerprint density at radius 1 is 1.27 bits per heavy atom. The summed E-state index contributed by atoms with van der Waals surface area (Å²) in [5.74, 6) is 2.16. The molecule has 1 aromatic carbocycles. The second-order valence-corrected chi connectivity index (χ2v) is 6.64. The Labute approximate surface area is 154 Å². The Morgan fingerprint density at radius 3 is 2.88 bits per heavy atom. The van der Waals surface area contributed by atoms with Crippen molar-refractivity contribution in [1.82, 2.24) is 14.9 Å². The van der Waals surface area contributed by atoms with Gasteiger partial charge in [-0.05, 0) is 44.4 Å². The Bertz CT molecular complexity index is 758. The summed E-state index contributed by atoms with van der Waals surface area (Å²) in [7, 11) is 1.63. The number of likely N-dealkylation sites (tertiary alicyclic amines) is 1. The molecule has 1 aliphatic heterocycles. The number of carbonyl (C=O) groups excluding carboxylic acids is 1. The van der Waals surface area contributed by atoms with Gasteiger partial charge in [-0.3, -0.25) is 4.79 Å². The van der Waals surface area contributed by atoms with Gasteiger partial charge < -0.3 is 14.4 Å². The molecule has 2 heterocycles. The molecule has 6 heteroatoms. The fourth-order valence-electron chi connectivity index (χ4n) is 3.24. The van der Waals surface area contributed by atoms with Crippen LogP contribution in [0.1, 0.15) is 29.9 Å². The second kappa shape index (κ2) is 8.17. The quantitative estimate of drug-likeness (QED) is 0.825. The van der Waals surface area contributed by atoms with Gasteiger partial charge in [-0.2, -0.15) is 4.98 Å². The van der Waals surface area contributed by atoms with E-state index in [1.807, 2.05) is 49.1 Å². The van der Waals surface area contributed by atoms with Crippen LogP contribution >= 0.6 is 0 Å². The van der Waals surface area contributed by atoms with Crippen molar-refractivity contribution in [3.05, 3.63) is 47.4 Å². The molecule has 1 aliphatic rings. The number of carbonyl (C=O) groups is 1. The smallest absolute Gasteiger partial charge is 0.227 e. The van der Waals surface area contributed by atoms with Gasteiger partial charge in [-0.1, -0.05) is 12.1 Å². The SMILES string of the molecule is COc1cccc(CC(=O)N2CCCC(Oc3cc(C)nc(C)n3)C2)c1. The molecule has 0 bridgehead atoms. The maximum Gasteiger partial charge on any atom is 0.227 e. The summed E-state index contributed by atoms with van der Waals surface area (Å²) in [6, 6.07) is 9.48. The van der Waals surface area contributed by atoms with Gasteiger partial charge in [0.1, 0.15) is 17.7 Å². The fraction of sp³-hybridized carbons (Fsp3) is 0.450.